The van der Waals surface area contributed by atoms with Crippen molar-refractivity contribution in [3.8, 4) is 0 Å². The SMILES string of the molecule is CC(C)(C)c1cc(NC(=O)N2CCCC2CC(O)c2ccco2)no1. The summed E-state index contributed by atoms with van der Waals surface area (Å²) in [6, 6.07) is 4.99. The Bertz CT molecular complexity index is 702. The number of hydrogen-bond donors (Lipinski definition) is 2. The first-order valence-corrected chi connectivity index (χ1v) is 8.61. The number of nitrogens with one attached hydrogen (secondary N) is 1. The molecule has 1 fully saturated rings. The molecule has 3 rings (SSSR count). The summed E-state index contributed by atoms with van der Waals surface area (Å²) in [4.78, 5) is 14.3. The van der Waals surface area contributed by atoms with Crippen molar-refractivity contribution in [2.24, 2.45) is 0 Å². The summed E-state index contributed by atoms with van der Waals surface area (Å²) in [7, 11) is 0. The second-order valence-electron chi connectivity index (χ2n) is 7.51. The number of aliphatic hydroxyl groups excluding tert-OH is 1. The second-order valence-corrected chi connectivity index (χ2v) is 7.51. The van der Waals surface area contributed by atoms with Gasteiger partial charge in [-0.2, -0.15) is 0 Å². The fraction of sp³-hybridized carbons (Fsp3) is 0.556. The molecule has 2 amide bonds. The molecular weight excluding hydrogens is 322 g/mol. The largest absolute Gasteiger partial charge is 0.467 e. The number of furan rings is 1. The number of rotatable bonds is 4. The van der Waals surface area contributed by atoms with Crippen LogP contribution in [0.3, 0.4) is 0 Å². The van der Waals surface area contributed by atoms with Crippen LogP contribution in [0.1, 0.15) is 57.7 Å². The summed E-state index contributed by atoms with van der Waals surface area (Å²) in [5.41, 5.74) is -0.167. The van der Waals surface area contributed by atoms with E-state index in [1.807, 2.05) is 20.8 Å². The first-order valence-electron chi connectivity index (χ1n) is 8.61. The van der Waals surface area contributed by atoms with Gasteiger partial charge in [0, 0.05) is 30.5 Å². The number of likely N-dealkylation sites (tertiary alicyclic amines) is 1. The average molecular weight is 347 g/mol. The van der Waals surface area contributed by atoms with Gasteiger partial charge in [0.1, 0.15) is 17.6 Å². The molecule has 25 heavy (non-hydrogen) atoms. The molecule has 0 radical (unpaired) electrons. The Kier molecular flexibility index (Phi) is 4.85. The molecule has 136 valence electrons. The molecule has 1 saturated heterocycles. The van der Waals surface area contributed by atoms with Gasteiger partial charge in [0.2, 0.25) is 0 Å². The molecule has 0 spiro atoms. The van der Waals surface area contributed by atoms with Crippen LogP contribution >= 0.6 is 0 Å². The maximum absolute atomic E-state index is 12.6. The topological polar surface area (TPSA) is 91.7 Å². The van der Waals surface area contributed by atoms with Crippen molar-refractivity contribution >= 4 is 11.8 Å². The molecule has 7 heteroatoms. The smallest absolute Gasteiger partial charge is 0.323 e. The summed E-state index contributed by atoms with van der Waals surface area (Å²) in [5.74, 6) is 1.65. The molecule has 0 aliphatic carbocycles. The van der Waals surface area contributed by atoms with Crippen LogP contribution in [0.2, 0.25) is 0 Å². The van der Waals surface area contributed by atoms with E-state index in [1.165, 1.54) is 6.26 Å². The Labute approximate surface area is 147 Å². The van der Waals surface area contributed by atoms with Gasteiger partial charge in [-0.1, -0.05) is 25.9 Å². The van der Waals surface area contributed by atoms with E-state index in [1.54, 1.807) is 23.1 Å². The summed E-state index contributed by atoms with van der Waals surface area (Å²) in [6.07, 6.45) is 3.04. The van der Waals surface area contributed by atoms with E-state index in [4.69, 9.17) is 8.94 Å². The monoisotopic (exact) mass is 347 g/mol. The standard InChI is InChI=1S/C18H25N3O4/c1-18(2,3)15-11-16(20-25-15)19-17(23)21-8-4-6-12(21)10-13(22)14-7-5-9-24-14/h5,7,9,11-13,22H,4,6,8,10H2,1-3H3,(H,19,20,23). The van der Waals surface area contributed by atoms with Gasteiger partial charge in [-0.05, 0) is 25.0 Å². The number of aromatic nitrogens is 1. The predicted octanol–water partition coefficient (Wildman–Crippen LogP) is 3.69. The maximum Gasteiger partial charge on any atom is 0.323 e. The van der Waals surface area contributed by atoms with Crippen molar-refractivity contribution in [1.82, 2.24) is 10.1 Å². The van der Waals surface area contributed by atoms with Crippen molar-refractivity contribution in [3.05, 3.63) is 36.0 Å². The van der Waals surface area contributed by atoms with Gasteiger partial charge in [-0.15, -0.1) is 0 Å². The highest BCUT2D eigenvalue weighted by Gasteiger charge is 2.32. The number of anilines is 1. The molecule has 7 nitrogen and oxygen atoms in total. The molecular formula is C18H25N3O4. The highest BCUT2D eigenvalue weighted by atomic mass is 16.5. The Hall–Kier alpha value is -2.28. The summed E-state index contributed by atoms with van der Waals surface area (Å²) >= 11 is 0. The molecule has 0 bridgehead atoms. The highest BCUT2D eigenvalue weighted by Crippen LogP contribution is 2.29. The van der Waals surface area contributed by atoms with E-state index in [9.17, 15) is 9.90 Å². The van der Waals surface area contributed by atoms with Crippen LogP contribution in [-0.4, -0.2) is 33.8 Å². The van der Waals surface area contributed by atoms with Gasteiger partial charge in [-0.25, -0.2) is 4.79 Å². The zero-order valence-electron chi connectivity index (χ0n) is 14.9. The second kappa shape index (κ2) is 6.92. The molecule has 2 aromatic heterocycles. The number of carbonyl (C=O) groups is 1. The first-order chi connectivity index (χ1) is 11.8. The van der Waals surface area contributed by atoms with Gasteiger partial charge in [0.15, 0.2) is 5.82 Å². The molecule has 0 saturated carbocycles. The Morgan fingerprint density at radius 3 is 2.96 bits per heavy atom. The fourth-order valence-corrected chi connectivity index (χ4v) is 3.07. The number of amides is 2. The van der Waals surface area contributed by atoms with Crippen LogP contribution in [-0.2, 0) is 5.41 Å². The minimum atomic E-state index is -0.715. The number of nitrogens with zero attached hydrogens (tertiary/aromatic N) is 2. The van der Waals surface area contributed by atoms with Gasteiger partial charge < -0.3 is 18.9 Å². The highest BCUT2D eigenvalue weighted by molar-refractivity contribution is 5.88. The molecule has 1 aliphatic rings. The van der Waals surface area contributed by atoms with Crippen LogP contribution in [0.5, 0.6) is 0 Å². The molecule has 2 aromatic rings. The normalized spacial score (nSPS) is 19.2. The number of hydrogen-bond acceptors (Lipinski definition) is 5. The predicted molar refractivity (Wildman–Crippen MR) is 92.2 cm³/mol. The van der Waals surface area contributed by atoms with Crippen LogP contribution in [0.4, 0.5) is 10.6 Å². The minimum absolute atomic E-state index is 0.0333. The van der Waals surface area contributed by atoms with E-state index < -0.39 is 6.10 Å². The molecule has 0 aromatic carbocycles. The zero-order chi connectivity index (χ0) is 18.0. The summed E-state index contributed by atoms with van der Waals surface area (Å²) < 4.78 is 10.5. The number of urea groups is 1. The van der Waals surface area contributed by atoms with Crippen LogP contribution in [0.15, 0.2) is 33.4 Å². The summed E-state index contributed by atoms with van der Waals surface area (Å²) in [5, 5.41) is 17.0. The third-order valence-electron chi connectivity index (χ3n) is 4.49. The molecule has 3 heterocycles. The number of aliphatic hydroxyl groups is 1. The van der Waals surface area contributed by atoms with Gasteiger partial charge in [-0.3, -0.25) is 5.32 Å². The van der Waals surface area contributed by atoms with Gasteiger partial charge in [0.05, 0.1) is 6.26 Å². The first kappa shape index (κ1) is 17.5. The quantitative estimate of drug-likeness (QED) is 0.880. The Balaban J connectivity index is 1.61. The van der Waals surface area contributed by atoms with E-state index >= 15 is 0 Å². The fourth-order valence-electron chi connectivity index (χ4n) is 3.07. The van der Waals surface area contributed by atoms with Crippen molar-refractivity contribution in [2.75, 3.05) is 11.9 Å². The van der Waals surface area contributed by atoms with Crippen molar-refractivity contribution in [2.45, 2.75) is 57.6 Å². The lowest BCUT2D eigenvalue weighted by Gasteiger charge is -2.25. The third-order valence-corrected chi connectivity index (χ3v) is 4.49. The van der Waals surface area contributed by atoms with Gasteiger partial charge in [0.25, 0.3) is 0 Å². The van der Waals surface area contributed by atoms with E-state index in [-0.39, 0.29) is 17.5 Å². The Morgan fingerprint density at radius 1 is 1.52 bits per heavy atom. The van der Waals surface area contributed by atoms with Crippen molar-refractivity contribution in [1.29, 1.82) is 0 Å². The maximum atomic E-state index is 12.6. The third kappa shape index (κ3) is 4.04. The molecule has 2 N–H and O–H groups in total. The van der Waals surface area contributed by atoms with Crippen LogP contribution < -0.4 is 5.32 Å². The lowest BCUT2D eigenvalue weighted by Crippen LogP contribution is -2.39. The molecule has 2 unspecified atom stereocenters. The average Bonchev–Trinajstić information content (AvgIpc) is 3.27. The molecule has 1 aliphatic heterocycles. The number of carbonyl (C=O) groups excluding carboxylic acids is 1. The van der Waals surface area contributed by atoms with E-state index in [2.05, 4.69) is 10.5 Å². The van der Waals surface area contributed by atoms with E-state index in [0.717, 1.165) is 12.8 Å². The van der Waals surface area contributed by atoms with Gasteiger partial charge >= 0.3 is 6.03 Å². The summed E-state index contributed by atoms with van der Waals surface area (Å²) in [6.45, 7) is 6.72. The van der Waals surface area contributed by atoms with E-state index in [0.29, 0.717) is 30.3 Å². The van der Waals surface area contributed by atoms with Crippen LogP contribution in [0, 0.1) is 0 Å². The Morgan fingerprint density at radius 2 is 2.32 bits per heavy atom. The minimum Gasteiger partial charge on any atom is -0.467 e. The lowest BCUT2D eigenvalue weighted by molar-refractivity contribution is 0.110. The van der Waals surface area contributed by atoms with Crippen molar-refractivity contribution in [3.63, 3.8) is 0 Å². The van der Waals surface area contributed by atoms with Crippen molar-refractivity contribution < 1.29 is 18.8 Å². The van der Waals surface area contributed by atoms with Crippen LogP contribution in [0.25, 0.3) is 0 Å². The lowest BCUT2D eigenvalue weighted by atomic mass is 9.93. The molecule has 2 atom stereocenters. The zero-order valence-corrected chi connectivity index (χ0v) is 14.9.